The Kier molecular flexibility index (Phi) is 22.1. The van der Waals surface area contributed by atoms with Gasteiger partial charge in [0.25, 0.3) is 0 Å². The molecule has 0 spiro atoms. The molecule has 0 bridgehead atoms. The molecule has 3 unspecified atom stereocenters. The molecule has 0 amide bonds. The third kappa shape index (κ3) is 15.6. The van der Waals surface area contributed by atoms with Crippen LogP contribution in [-0.2, 0) is 25.5 Å². The fraction of sp³-hybridized carbons (Fsp3) is 0.148. The zero-order valence-electron chi connectivity index (χ0n) is 53.6. The summed E-state index contributed by atoms with van der Waals surface area (Å²) < 4.78 is 4.73. The number of hydrogen-bond donors (Lipinski definition) is 2. The first-order valence-electron chi connectivity index (χ1n) is 31.0. The van der Waals surface area contributed by atoms with E-state index in [1.54, 1.807) is 32.4 Å². The second-order valence-electron chi connectivity index (χ2n) is 24.1. The second-order valence-corrected chi connectivity index (χ2v) is 29.2. The molecule has 0 aliphatic carbocycles. The molecule has 467 valence electrons. The molecular formula is C81H76IrN7O2P2-. The summed E-state index contributed by atoms with van der Waals surface area (Å²) in [6, 6.07) is 88.8. The Balaban J connectivity index is 0.000000149. The predicted octanol–water partition coefficient (Wildman–Crippen LogP) is 20.3. The van der Waals surface area contributed by atoms with Gasteiger partial charge in [-0.05, 0) is 151 Å². The minimum Gasteiger partial charge on any atom is -0.393 e. The fourth-order valence-corrected chi connectivity index (χ4v) is 11.7. The first-order valence-corrected chi connectivity index (χ1v) is 34.9. The van der Waals surface area contributed by atoms with Crippen molar-refractivity contribution in [1.29, 1.82) is 0 Å². The molecule has 9 nitrogen and oxygen atoms in total. The van der Waals surface area contributed by atoms with Gasteiger partial charge in [-0.15, -0.1) is 26.6 Å². The number of benzene rings is 9. The van der Waals surface area contributed by atoms with Crippen molar-refractivity contribution in [2.24, 2.45) is 0 Å². The summed E-state index contributed by atoms with van der Waals surface area (Å²) in [6.45, 7) is 16.1. The van der Waals surface area contributed by atoms with Gasteiger partial charge in [-0.1, -0.05) is 205 Å². The van der Waals surface area contributed by atoms with Gasteiger partial charge >= 0.3 is 0 Å². The van der Waals surface area contributed by atoms with Crippen LogP contribution >= 0.6 is 16.5 Å². The van der Waals surface area contributed by atoms with E-state index in [0.717, 1.165) is 44.5 Å². The average Bonchev–Trinajstić information content (AvgIpc) is 1.67. The molecule has 12 heteroatoms. The number of fused-ring (bicyclic) bond motifs is 9. The largest absolute Gasteiger partial charge is 0.393 e. The first-order chi connectivity index (χ1) is 44.6. The Morgan fingerprint density at radius 3 is 1.27 bits per heavy atom. The Morgan fingerprint density at radius 1 is 0.452 bits per heavy atom. The molecule has 15 rings (SSSR count). The first kappa shape index (κ1) is 67.0. The van der Waals surface area contributed by atoms with Gasteiger partial charge in [0.05, 0.1) is 45.3 Å². The number of aliphatic hydroxyl groups is 2. The van der Waals surface area contributed by atoms with Gasteiger partial charge in [0.2, 0.25) is 0 Å². The minimum atomic E-state index is -0.375. The molecule has 93 heavy (non-hydrogen) atoms. The van der Waals surface area contributed by atoms with Crippen LogP contribution in [0.2, 0.25) is 0 Å². The summed E-state index contributed by atoms with van der Waals surface area (Å²) in [5.41, 5.74) is 20.2. The van der Waals surface area contributed by atoms with E-state index >= 15 is 0 Å². The third-order valence-electron chi connectivity index (χ3n) is 15.8. The minimum absolute atomic E-state index is 0. The number of aromatic nitrogens is 7. The van der Waals surface area contributed by atoms with Crippen LogP contribution in [0, 0.1) is 13.0 Å². The van der Waals surface area contributed by atoms with Gasteiger partial charge in [-0.25, -0.2) is 4.98 Å². The van der Waals surface area contributed by atoms with Crippen molar-refractivity contribution < 1.29 is 30.3 Å². The number of aliphatic hydroxyl groups excluding tert-OH is 2. The van der Waals surface area contributed by atoms with Crippen LogP contribution < -0.4 is 0 Å². The van der Waals surface area contributed by atoms with E-state index in [1.165, 1.54) is 88.4 Å². The summed E-state index contributed by atoms with van der Waals surface area (Å²) in [5.74, 6) is 0. The van der Waals surface area contributed by atoms with Crippen LogP contribution in [0.1, 0.15) is 52.4 Å². The Labute approximate surface area is 562 Å². The van der Waals surface area contributed by atoms with Crippen molar-refractivity contribution in [3.05, 3.63) is 285 Å². The van der Waals surface area contributed by atoms with Crippen molar-refractivity contribution in [2.45, 2.75) is 65.6 Å². The smallest absolute Gasteiger partial charge is 0.105 e. The van der Waals surface area contributed by atoms with E-state index in [-0.39, 0.29) is 37.7 Å². The number of hydrogen-bond acceptors (Lipinski definition) is 7. The topological polar surface area (TPSA) is 115 Å². The van der Waals surface area contributed by atoms with Gasteiger partial charge in [-0.2, -0.15) is 0 Å². The van der Waals surface area contributed by atoms with Crippen LogP contribution in [0.15, 0.2) is 268 Å². The van der Waals surface area contributed by atoms with Crippen LogP contribution in [0.5, 0.6) is 0 Å². The number of aryl methyl sites for hydroxylation is 1. The molecule has 6 heterocycles. The van der Waals surface area contributed by atoms with Gasteiger partial charge in [0.15, 0.2) is 0 Å². The van der Waals surface area contributed by atoms with Gasteiger partial charge in [0, 0.05) is 87.3 Å². The molecule has 15 aromatic rings. The summed E-state index contributed by atoms with van der Waals surface area (Å²) in [6.07, 6.45) is 6.82. The summed E-state index contributed by atoms with van der Waals surface area (Å²) in [7, 11) is 3.02. The van der Waals surface area contributed by atoms with Crippen LogP contribution in [0.3, 0.4) is 0 Å². The molecule has 0 saturated carbocycles. The Morgan fingerprint density at radius 2 is 0.860 bits per heavy atom. The van der Waals surface area contributed by atoms with Crippen molar-refractivity contribution in [1.82, 2.24) is 34.1 Å². The normalized spacial score (nSPS) is 11.8. The second kappa shape index (κ2) is 30.7. The zero-order valence-corrected chi connectivity index (χ0v) is 58.1. The van der Waals surface area contributed by atoms with Gasteiger partial charge in [0.1, 0.15) is 6.33 Å². The van der Waals surface area contributed by atoms with Crippen molar-refractivity contribution in [3.8, 4) is 56.0 Å². The van der Waals surface area contributed by atoms with Gasteiger partial charge < -0.3 is 24.3 Å². The molecule has 3 atom stereocenters. The number of rotatable bonds is 8. The molecule has 0 fully saturated rings. The zero-order chi connectivity index (χ0) is 64.3. The van der Waals surface area contributed by atoms with Crippen LogP contribution in [0.4, 0.5) is 0 Å². The maximum atomic E-state index is 8.56. The Bertz CT molecular complexity index is 4700. The molecule has 0 saturated heterocycles. The molecule has 0 aliphatic rings. The molecular weight excluding hydrogens is 1360 g/mol. The fourth-order valence-electron chi connectivity index (χ4n) is 11.7. The van der Waals surface area contributed by atoms with E-state index < -0.39 is 0 Å². The van der Waals surface area contributed by atoms with E-state index in [9.17, 15) is 0 Å². The summed E-state index contributed by atoms with van der Waals surface area (Å²) in [4.78, 5) is 22.2. The van der Waals surface area contributed by atoms with Crippen molar-refractivity contribution >= 4 is 82.0 Å². The maximum Gasteiger partial charge on any atom is 0.105 e. The SMILES string of the molecule is CC(O)CC(C)O.CP(C)P.Cc1ncc[c-]c1-c1cc(C(C)(C)C)ncn1.[Ir].c1ccc(-c2ccnc3c2ccc2c(-c4ccccc4)ccnc23)cc1.c1ccc(-n2c3ccccc3c3cc(-c4ccc5c(c4)c4ccccc4n5-c4ccccc4)ccc32)cc1. The molecule has 1 radical (unpaired) electrons. The standard InChI is InChI=1S/C36H24N2.C24H16N2.C14H16N3.C5H12O2.C2H8P2.Ir/c1-3-11-27(12-4-1)37-33-17-9-7-15-29(33)31-23-25(19-21-35(31)37)26-20-22-36-32(24-26)30-16-8-10-18-34(30)38(36)28-13-5-2-6-14-28;1-3-7-17(8-4-1)19-13-15-25-23-21(19)11-12-22-20(14-16-26-24(22)23)18-9-5-2-6-10-18;1-10-11(6-5-7-15-10)12-8-13(14(2,3)4)17-9-16-12;1-4(6)3-5(2)7;1-4(2)3;/h1-24H;1-16H;5,7-9H,1-4H3;4-7H,3H2,1-2H3;3H2,1-2H3;/q;;-1;;;. The molecule has 2 N–H and O–H groups in total. The van der Waals surface area contributed by atoms with Crippen molar-refractivity contribution in [2.75, 3.05) is 13.3 Å². The number of para-hydroxylation sites is 4. The van der Waals surface area contributed by atoms with Gasteiger partial charge in [-0.3, -0.25) is 15.0 Å². The number of nitrogens with zero attached hydrogens (tertiary/aromatic N) is 7. The summed E-state index contributed by atoms with van der Waals surface area (Å²) in [5, 5.41) is 24.5. The predicted molar refractivity (Wildman–Crippen MR) is 392 cm³/mol. The maximum absolute atomic E-state index is 8.56. The van der Waals surface area contributed by atoms with E-state index in [0.29, 0.717) is 14.0 Å². The molecule has 6 aromatic heterocycles. The van der Waals surface area contributed by atoms with E-state index in [1.807, 2.05) is 37.5 Å². The monoisotopic (exact) mass is 1430 g/mol. The van der Waals surface area contributed by atoms with E-state index in [2.05, 4.69) is 302 Å². The van der Waals surface area contributed by atoms with E-state index in [4.69, 9.17) is 10.2 Å². The average molecular weight is 1430 g/mol. The summed E-state index contributed by atoms with van der Waals surface area (Å²) >= 11 is 0. The Hall–Kier alpha value is -8.94. The molecule has 0 aliphatic heterocycles. The third-order valence-corrected chi connectivity index (χ3v) is 15.8. The van der Waals surface area contributed by atoms with Crippen LogP contribution in [0.25, 0.3) is 121 Å². The molecule has 9 aromatic carbocycles. The number of pyridine rings is 3. The van der Waals surface area contributed by atoms with Crippen LogP contribution in [-0.4, -0.2) is 69.8 Å². The van der Waals surface area contributed by atoms with Crippen molar-refractivity contribution in [3.63, 3.8) is 0 Å². The quantitative estimate of drug-likeness (QED) is 0.0885.